The smallest absolute Gasteiger partial charge is 0.191 e. The molecule has 28 heavy (non-hydrogen) atoms. The van der Waals surface area contributed by atoms with Crippen LogP contribution in [0.5, 0.6) is 5.75 Å². The van der Waals surface area contributed by atoms with Crippen molar-refractivity contribution in [1.82, 2.24) is 10.6 Å². The van der Waals surface area contributed by atoms with E-state index in [1.54, 1.807) is 13.1 Å². The minimum Gasteiger partial charge on any atom is -0.489 e. The average Bonchev–Trinajstić information content (AvgIpc) is 2.75. The molecule has 0 amide bonds. The fraction of sp³-hybridized carbons (Fsp3) is 0.348. The molecule has 2 aromatic rings. The lowest BCUT2D eigenvalue weighted by Crippen LogP contribution is -2.37. The second-order valence-electron chi connectivity index (χ2n) is 6.31. The van der Waals surface area contributed by atoms with Crippen molar-refractivity contribution in [1.29, 1.82) is 0 Å². The maximum absolute atomic E-state index is 5.71. The molecule has 0 heterocycles. The third-order valence-corrected chi connectivity index (χ3v) is 4.12. The first-order valence-electron chi connectivity index (χ1n) is 9.71. The summed E-state index contributed by atoms with van der Waals surface area (Å²) in [5, 5.41) is 6.67. The molecule has 0 fully saturated rings. The van der Waals surface area contributed by atoms with Crippen molar-refractivity contribution in [2.45, 2.75) is 26.0 Å². The van der Waals surface area contributed by atoms with E-state index in [1.165, 1.54) is 5.56 Å². The molecule has 0 aliphatic heterocycles. The van der Waals surface area contributed by atoms with Gasteiger partial charge < -0.3 is 20.1 Å². The summed E-state index contributed by atoms with van der Waals surface area (Å²) in [4.78, 5) is 4.27. The number of benzene rings is 2. The van der Waals surface area contributed by atoms with Crippen LogP contribution in [0.25, 0.3) is 0 Å². The quantitative estimate of drug-likeness (QED) is 0.253. The molecule has 0 saturated carbocycles. The first-order valence-corrected chi connectivity index (χ1v) is 9.71. The van der Waals surface area contributed by atoms with E-state index in [0.717, 1.165) is 43.3 Å². The van der Waals surface area contributed by atoms with E-state index >= 15 is 0 Å². The highest BCUT2D eigenvalue weighted by Gasteiger charge is 2.04. The SMILES string of the molecule is C=CCOc1ccccc1CNC(=NC)NCCCCOCc1ccccc1. The first kappa shape index (κ1) is 21.5. The minimum atomic E-state index is 0.496. The third kappa shape index (κ3) is 8.27. The lowest BCUT2D eigenvalue weighted by atomic mass is 10.2. The largest absolute Gasteiger partial charge is 0.489 e. The number of unbranched alkanes of at least 4 members (excludes halogenated alkanes) is 1. The van der Waals surface area contributed by atoms with E-state index in [4.69, 9.17) is 9.47 Å². The van der Waals surface area contributed by atoms with Crippen molar-refractivity contribution in [3.8, 4) is 5.75 Å². The van der Waals surface area contributed by atoms with Crippen LogP contribution in [-0.4, -0.2) is 32.8 Å². The Hall–Kier alpha value is -2.79. The monoisotopic (exact) mass is 381 g/mol. The maximum Gasteiger partial charge on any atom is 0.191 e. The molecule has 2 rings (SSSR count). The fourth-order valence-electron chi connectivity index (χ4n) is 2.64. The van der Waals surface area contributed by atoms with Gasteiger partial charge in [0, 0.05) is 32.3 Å². The summed E-state index contributed by atoms with van der Waals surface area (Å²) in [6.07, 6.45) is 3.78. The second kappa shape index (κ2) is 13.4. The number of rotatable bonds is 12. The molecule has 5 nitrogen and oxygen atoms in total. The summed E-state index contributed by atoms with van der Waals surface area (Å²) in [5.41, 5.74) is 2.30. The fourth-order valence-corrected chi connectivity index (χ4v) is 2.64. The Morgan fingerprint density at radius 2 is 1.82 bits per heavy atom. The molecule has 2 N–H and O–H groups in total. The molecule has 0 radical (unpaired) electrons. The Balaban J connectivity index is 1.61. The third-order valence-electron chi connectivity index (χ3n) is 4.12. The lowest BCUT2D eigenvalue weighted by Gasteiger charge is -2.14. The van der Waals surface area contributed by atoms with Gasteiger partial charge in [-0.1, -0.05) is 61.2 Å². The molecule has 0 atom stereocenters. The second-order valence-corrected chi connectivity index (χ2v) is 6.31. The highest BCUT2D eigenvalue weighted by Crippen LogP contribution is 2.17. The van der Waals surface area contributed by atoms with Crippen LogP contribution >= 0.6 is 0 Å². The van der Waals surface area contributed by atoms with Gasteiger partial charge in [-0.15, -0.1) is 0 Å². The van der Waals surface area contributed by atoms with E-state index in [9.17, 15) is 0 Å². The molecule has 0 aromatic heterocycles. The molecule has 0 spiro atoms. The van der Waals surface area contributed by atoms with Gasteiger partial charge in [-0.2, -0.15) is 0 Å². The number of para-hydroxylation sites is 1. The Bertz CT molecular complexity index is 717. The highest BCUT2D eigenvalue weighted by molar-refractivity contribution is 5.79. The van der Waals surface area contributed by atoms with Crippen LogP contribution in [-0.2, 0) is 17.9 Å². The van der Waals surface area contributed by atoms with Crippen LogP contribution in [0.1, 0.15) is 24.0 Å². The van der Waals surface area contributed by atoms with Crippen LogP contribution in [0.3, 0.4) is 0 Å². The minimum absolute atomic E-state index is 0.496. The van der Waals surface area contributed by atoms with Crippen LogP contribution in [0.15, 0.2) is 72.2 Å². The number of aliphatic imine (C=N–C) groups is 1. The maximum atomic E-state index is 5.71. The van der Waals surface area contributed by atoms with Gasteiger partial charge in [0.15, 0.2) is 5.96 Å². The number of hydrogen-bond donors (Lipinski definition) is 2. The van der Waals surface area contributed by atoms with Crippen molar-refractivity contribution < 1.29 is 9.47 Å². The van der Waals surface area contributed by atoms with Crippen LogP contribution in [0, 0.1) is 0 Å². The zero-order valence-electron chi connectivity index (χ0n) is 16.7. The number of nitrogens with one attached hydrogen (secondary N) is 2. The molecule has 0 unspecified atom stereocenters. The van der Waals surface area contributed by atoms with E-state index in [-0.39, 0.29) is 0 Å². The van der Waals surface area contributed by atoms with E-state index in [0.29, 0.717) is 19.8 Å². The molecule has 0 saturated heterocycles. The Morgan fingerprint density at radius 3 is 2.61 bits per heavy atom. The van der Waals surface area contributed by atoms with Crippen molar-refractivity contribution >= 4 is 5.96 Å². The molecule has 0 aliphatic carbocycles. The van der Waals surface area contributed by atoms with Crippen molar-refractivity contribution in [2.75, 3.05) is 26.8 Å². The normalized spacial score (nSPS) is 11.1. The standard InChI is InChI=1S/C23H31N3O2/c1-3-16-28-22-14-8-7-13-21(22)18-26-23(24-2)25-15-9-10-17-27-19-20-11-5-4-6-12-20/h3-8,11-14H,1,9-10,15-19H2,2H3,(H2,24,25,26). The molecule has 5 heteroatoms. The van der Waals surface area contributed by atoms with E-state index in [2.05, 4.69) is 34.3 Å². The summed E-state index contributed by atoms with van der Waals surface area (Å²) in [7, 11) is 1.78. The zero-order valence-corrected chi connectivity index (χ0v) is 16.7. The average molecular weight is 382 g/mol. The van der Waals surface area contributed by atoms with Crippen LogP contribution < -0.4 is 15.4 Å². The van der Waals surface area contributed by atoms with E-state index in [1.807, 2.05) is 42.5 Å². The highest BCUT2D eigenvalue weighted by atomic mass is 16.5. The summed E-state index contributed by atoms with van der Waals surface area (Å²) < 4.78 is 11.4. The molecule has 150 valence electrons. The predicted octanol–water partition coefficient (Wildman–Crippen LogP) is 3.91. The molecule has 0 aliphatic rings. The van der Waals surface area contributed by atoms with E-state index < -0.39 is 0 Å². The van der Waals surface area contributed by atoms with Crippen molar-refractivity contribution in [3.05, 3.63) is 78.4 Å². The predicted molar refractivity (Wildman–Crippen MR) is 116 cm³/mol. The zero-order chi connectivity index (χ0) is 19.9. The number of hydrogen-bond acceptors (Lipinski definition) is 3. The Kier molecular flexibility index (Phi) is 10.3. The summed E-state index contributed by atoms with van der Waals surface area (Å²) in [6.45, 7) is 7.11. The number of guanidine groups is 1. The van der Waals surface area contributed by atoms with Crippen molar-refractivity contribution in [3.63, 3.8) is 0 Å². The Labute approximate surface area is 168 Å². The van der Waals surface area contributed by atoms with Crippen molar-refractivity contribution in [2.24, 2.45) is 4.99 Å². The lowest BCUT2D eigenvalue weighted by molar-refractivity contribution is 0.117. The molecule has 0 bridgehead atoms. The summed E-state index contributed by atoms with van der Waals surface area (Å²) in [5.74, 6) is 1.64. The van der Waals surface area contributed by atoms with Gasteiger partial charge in [-0.05, 0) is 24.5 Å². The summed E-state index contributed by atoms with van der Waals surface area (Å²) >= 11 is 0. The van der Waals surface area contributed by atoms with Crippen LogP contribution in [0.2, 0.25) is 0 Å². The van der Waals surface area contributed by atoms with Gasteiger partial charge >= 0.3 is 0 Å². The van der Waals surface area contributed by atoms with Gasteiger partial charge in [-0.3, -0.25) is 4.99 Å². The van der Waals surface area contributed by atoms with Gasteiger partial charge in [0.2, 0.25) is 0 Å². The van der Waals surface area contributed by atoms with Crippen LogP contribution in [0.4, 0.5) is 0 Å². The molecule has 2 aromatic carbocycles. The number of nitrogens with zero attached hydrogens (tertiary/aromatic N) is 1. The van der Waals surface area contributed by atoms with Gasteiger partial charge in [0.1, 0.15) is 12.4 Å². The van der Waals surface area contributed by atoms with Gasteiger partial charge in [-0.25, -0.2) is 0 Å². The number of ether oxygens (including phenoxy) is 2. The molecular weight excluding hydrogens is 350 g/mol. The van der Waals surface area contributed by atoms with Gasteiger partial charge in [0.05, 0.1) is 6.61 Å². The topological polar surface area (TPSA) is 54.9 Å². The summed E-state index contributed by atoms with van der Waals surface area (Å²) in [6, 6.07) is 18.2. The molecular formula is C23H31N3O2. The Morgan fingerprint density at radius 1 is 1.04 bits per heavy atom. The first-order chi connectivity index (χ1) is 13.8. The van der Waals surface area contributed by atoms with Gasteiger partial charge in [0.25, 0.3) is 0 Å².